The summed E-state index contributed by atoms with van der Waals surface area (Å²) in [5, 5.41) is 47.0. The summed E-state index contributed by atoms with van der Waals surface area (Å²) < 4.78 is 8.95. The molecule has 0 aliphatic rings. The number of rotatable bonds is 6. The van der Waals surface area contributed by atoms with Crippen LogP contribution < -0.4 is 0 Å². The molecule has 3 rings (SSSR count). The molecule has 3 aromatic heterocycles. The van der Waals surface area contributed by atoms with Crippen LogP contribution in [0.25, 0.3) is 23.0 Å². The minimum atomic E-state index is -4.12. The van der Waals surface area contributed by atoms with Gasteiger partial charge in [0, 0.05) is 4.80 Å². The summed E-state index contributed by atoms with van der Waals surface area (Å²) in [5.41, 5.74) is -0.879. The number of nitro groups is 3. The van der Waals surface area contributed by atoms with Gasteiger partial charge in [0.15, 0.2) is 11.4 Å². The Hall–Kier alpha value is -4.38. The molecule has 25 heavy (non-hydrogen) atoms. The summed E-state index contributed by atoms with van der Waals surface area (Å²) in [6.45, 7) is 0. The van der Waals surface area contributed by atoms with Crippen LogP contribution in [0.2, 0.25) is 0 Å². The van der Waals surface area contributed by atoms with Gasteiger partial charge in [-0.3, -0.25) is 30.3 Å². The van der Waals surface area contributed by atoms with E-state index >= 15 is 0 Å². The normalized spacial score (nSPS) is 11.4. The Morgan fingerprint density at radius 2 is 1.24 bits per heavy atom. The lowest BCUT2D eigenvalue weighted by Gasteiger charge is -2.05. The molecule has 128 valence electrons. The zero-order valence-corrected chi connectivity index (χ0v) is 11.4. The van der Waals surface area contributed by atoms with Gasteiger partial charge in [0.25, 0.3) is 0 Å². The van der Waals surface area contributed by atoms with E-state index in [0.717, 1.165) is 12.8 Å². The van der Waals surface area contributed by atoms with Gasteiger partial charge >= 0.3 is 5.91 Å². The van der Waals surface area contributed by atoms with E-state index in [1.54, 1.807) is 0 Å². The molecule has 3 aromatic rings. The van der Waals surface area contributed by atoms with Crippen LogP contribution >= 0.6 is 0 Å². The molecule has 0 fully saturated rings. The molecule has 0 radical (unpaired) electrons. The third kappa shape index (κ3) is 2.12. The lowest BCUT2D eigenvalue weighted by molar-refractivity contribution is -1.01. The van der Waals surface area contributed by atoms with Crippen LogP contribution in [0.15, 0.2) is 21.8 Å². The molecule has 0 aliphatic carbocycles. The van der Waals surface area contributed by atoms with Crippen molar-refractivity contribution in [3.8, 4) is 23.0 Å². The molecule has 0 atom stereocenters. The molecule has 0 unspecified atom stereocenters. The molecule has 0 bridgehead atoms. The van der Waals surface area contributed by atoms with Crippen molar-refractivity contribution < 1.29 is 23.8 Å². The average molecular weight is 354 g/mol. The summed E-state index contributed by atoms with van der Waals surface area (Å²) in [6, 6.07) is 0. The van der Waals surface area contributed by atoms with Crippen LogP contribution in [-0.2, 0) is 5.91 Å². The standard InChI is InChI=1S/C7H2N10O8/c18-15(19)7(16(20)21,17(22)23)14-10-3(5-8-1-24-12-5)4(11-14)6-9-2-25-13-6/h1-2H. The van der Waals surface area contributed by atoms with Gasteiger partial charge in [-0.2, -0.15) is 9.97 Å². The van der Waals surface area contributed by atoms with E-state index in [-0.39, 0.29) is 16.4 Å². The minimum absolute atomic E-state index is 0.315. The molecule has 0 aliphatic heterocycles. The Balaban J connectivity index is 2.31. The zero-order chi connectivity index (χ0) is 18.2. The van der Waals surface area contributed by atoms with Crippen LogP contribution in [0, 0.1) is 30.3 Å². The second-order valence-corrected chi connectivity index (χ2v) is 4.07. The molecule has 0 aromatic carbocycles. The van der Waals surface area contributed by atoms with Gasteiger partial charge < -0.3 is 9.05 Å². The number of hydrogen-bond donors (Lipinski definition) is 0. The van der Waals surface area contributed by atoms with Gasteiger partial charge in [0.2, 0.25) is 39.2 Å². The Kier molecular flexibility index (Phi) is 3.33. The highest BCUT2D eigenvalue weighted by Crippen LogP contribution is 2.27. The number of nitrogens with zero attached hydrogens (tertiary/aromatic N) is 10. The second-order valence-electron chi connectivity index (χ2n) is 4.07. The van der Waals surface area contributed by atoms with Crippen LogP contribution in [0.3, 0.4) is 0 Å². The Labute approximate surface area is 132 Å². The summed E-state index contributed by atoms with van der Waals surface area (Å²) in [4.78, 5) is 34.9. The first-order chi connectivity index (χ1) is 11.9. The van der Waals surface area contributed by atoms with E-state index in [9.17, 15) is 30.3 Å². The molecule has 18 nitrogen and oxygen atoms in total. The summed E-state index contributed by atoms with van der Waals surface area (Å²) in [5.74, 6) is -4.77. The first kappa shape index (κ1) is 15.5. The first-order valence-electron chi connectivity index (χ1n) is 5.83. The lowest BCUT2D eigenvalue weighted by atomic mass is 10.3. The van der Waals surface area contributed by atoms with Crippen LogP contribution in [-0.4, -0.2) is 50.0 Å². The summed E-state index contributed by atoms with van der Waals surface area (Å²) in [6.07, 6.45) is 1.71. The van der Waals surface area contributed by atoms with Gasteiger partial charge in [0.1, 0.15) is 0 Å². The lowest BCUT2D eigenvalue weighted by Crippen LogP contribution is -2.56. The second kappa shape index (κ2) is 5.36. The molecule has 3 heterocycles. The maximum absolute atomic E-state index is 11.1. The van der Waals surface area contributed by atoms with Gasteiger partial charge in [-0.25, -0.2) is 0 Å². The Morgan fingerprint density at radius 1 is 0.840 bits per heavy atom. The van der Waals surface area contributed by atoms with Crippen molar-refractivity contribution >= 4 is 0 Å². The molecule has 0 amide bonds. The SMILES string of the molecule is O=[N+]([O-])C(n1nc(-c2ncon2)c(-c2ncon2)n1)([N+](=O)[O-])[N+](=O)[O-]. The van der Waals surface area contributed by atoms with E-state index in [1.807, 2.05) is 0 Å². The highest BCUT2D eigenvalue weighted by Gasteiger charge is 2.76. The Bertz CT molecular complexity index is 856. The zero-order valence-electron chi connectivity index (χ0n) is 11.4. The maximum Gasteiger partial charge on any atom is 0.836 e. The van der Waals surface area contributed by atoms with E-state index < -0.39 is 32.1 Å². The van der Waals surface area contributed by atoms with Crippen molar-refractivity contribution in [2.75, 3.05) is 0 Å². The number of hydrogen-bond acceptors (Lipinski definition) is 14. The largest absolute Gasteiger partial charge is 0.836 e. The van der Waals surface area contributed by atoms with Gasteiger partial charge in [-0.15, -0.1) is 10.2 Å². The molecule has 0 saturated heterocycles. The van der Waals surface area contributed by atoms with Gasteiger partial charge in [0.05, 0.1) is 0 Å². The molecular formula is C7H2N10O8. The fourth-order valence-electron chi connectivity index (χ4n) is 1.71. The van der Waals surface area contributed by atoms with Crippen LogP contribution in [0.5, 0.6) is 0 Å². The van der Waals surface area contributed by atoms with E-state index in [0.29, 0.717) is 0 Å². The molecule has 18 heteroatoms. The fourth-order valence-corrected chi connectivity index (χ4v) is 1.71. The van der Waals surface area contributed by atoms with E-state index in [4.69, 9.17) is 0 Å². The van der Waals surface area contributed by atoms with Crippen molar-refractivity contribution in [3.05, 3.63) is 43.1 Å². The maximum atomic E-state index is 11.1. The van der Waals surface area contributed by atoms with Crippen LogP contribution in [0.1, 0.15) is 0 Å². The minimum Gasteiger partial charge on any atom is -0.342 e. The van der Waals surface area contributed by atoms with Crippen molar-refractivity contribution in [2.45, 2.75) is 5.91 Å². The topological polar surface area (TPSA) is 238 Å². The smallest absolute Gasteiger partial charge is 0.342 e. The Morgan fingerprint density at radius 3 is 1.52 bits per heavy atom. The monoisotopic (exact) mass is 354 g/mol. The van der Waals surface area contributed by atoms with Crippen molar-refractivity contribution in [1.29, 1.82) is 0 Å². The van der Waals surface area contributed by atoms with Crippen molar-refractivity contribution in [1.82, 2.24) is 35.3 Å². The molecule has 0 spiro atoms. The van der Waals surface area contributed by atoms with Gasteiger partial charge in [-0.05, 0) is 0 Å². The fraction of sp³-hybridized carbons (Fsp3) is 0.143. The van der Waals surface area contributed by atoms with Crippen molar-refractivity contribution in [3.63, 3.8) is 0 Å². The van der Waals surface area contributed by atoms with Crippen molar-refractivity contribution in [2.24, 2.45) is 0 Å². The summed E-state index contributed by atoms with van der Waals surface area (Å²) in [7, 11) is 0. The predicted octanol–water partition coefficient (Wildman–Crippen LogP) is -1.22. The van der Waals surface area contributed by atoms with Crippen LogP contribution in [0.4, 0.5) is 0 Å². The highest BCUT2D eigenvalue weighted by molar-refractivity contribution is 5.68. The van der Waals surface area contributed by atoms with E-state index in [2.05, 4.69) is 39.5 Å². The third-order valence-corrected chi connectivity index (χ3v) is 2.76. The number of aromatic nitrogens is 7. The predicted molar refractivity (Wildman–Crippen MR) is 65.6 cm³/mol. The third-order valence-electron chi connectivity index (χ3n) is 2.76. The summed E-state index contributed by atoms with van der Waals surface area (Å²) >= 11 is 0. The van der Waals surface area contributed by atoms with Gasteiger partial charge in [-0.1, -0.05) is 10.3 Å². The molecular weight excluding hydrogens is 352 g/mol. The quantitative estimate of drug-likeness (QED) is 0.286. The molecule has 0 saturated carbocycles. The average Bonchev–Trinajstić information content (AvgIpc) is 3.28. The highest BCUT2D eigenvalue weighted by atomic mass is 16.7. The first-order valence-corrected chi connectivity index (χ1v) is 5.83. The molecule has 0 N–H and O–H groups in total. The van der Waals surface area contributed by atoms with E-state index in [1.165, 1.54) is 0 Å².